The Balaban J connectivity index is 2.34. The minimum Gasteiger partial charge on any atom is -0.366 e. The fraction of sp³-hybridized carbons (Fsp3) is 0. The van der Waals surface area contributed by atoms with E-state index >= 15 is 0 Å². The molecular formula is C13H12N2O. The van der Waals surface area contributed by atoms with Gasteiger partial charge in [0, 0.05) is 23.3 Å². The molecule has 0 fully saturated rings. The number of carbonyl (C=O) groups is 1. The Bertz CT molecular complexity index is 541. The Hall–Kier alpha value is -2.29. The summed E-state index contributed by atoms with van der Waals surface area (Å²) in [5.41, 5.74) is 5.96. The highest BCUT2D eigenvalue weighted by molar-refractivity contribution is 5.94. The fourth-order valence-electron chi connectivity index (χ4n) is 1.56. The summed E-state index contributed by atoms with van der Waals surface area (Å²) < 4.78 is 0. The first-order valence-corrected chi connectivity index (χ1v) is 4.97. The van der Waals surface area contributed by atoms with Gasteiger partial charge in [0.05, 0.1) is 0 Å². The fourth-order valence-corrected chi connectivity index (χ4v) is 1.56. The van der Waals surface area contributed by atoms with Crippen LogP contribution >= 0.6 is 0 Å². The van der Waals surface area contributed by atoms with Crippen LogP contribution in [0.4, 0.5) is 5.69 Å². The molecule has 0 aliphatic rings. The molecule has 0 saturated carbocycles. The summed E-state index contributed by atoms with van der Waals surface area (Å²) in [5.74, 6) is -0.465. The zero-order valence-corrected chi connectivity index (χ0v) is 8.68. The van der Waals surface area contributed by atoms with Crippen molar-refractivity contribution >= 4 is 22.4 Å². The first-order valence-electron chi connectivity index (χ1n) is 4.97. The molecular weight excluding hydrogens is 200 g/mol. The zero-order chi connectivity index (χ0) is 11.4. The lowest BCUT2D eigenvalue weighted by molar-refractivity contribution is -0.113. The summed E-state index contributed by atoms with van der Waals surface area (Å²) in [6.45, 7) is 0. The van der Waals surface area contributed by atoms with Crippen molar-refractivity contribution in [1.82, 2.24) is 0 Å². The molecule has 0 aliphatic carbocycles. The zero-order valence-electron chi connectivity index (χ0n) is 8.68. The van der Waals surface area contributed by atoms with E-state index in [1.165, 1.54) is 6.08 Å². The first-order chi connectivity index (χ1) is 7.77. The standard InChI is InChI=1S/C13H12N2O/c14-13(16)8-9-15-12-7-3-5-10-4-1-2-6-11(10)12/h1-9,15H,(H2,14,16). The van der Waals surface area contributed by atoms with E-state index in [1.54, 1.807) is 6.20 Å². The number of hydrogen-bond acceptors (Lipinski definition) is 2. The number of nitrogens with two attached hydrogens (primary N) is 1. The molecule has 3 nitrogen and oxygen atoms in total. The molecule has 2 rings (SSSR count). The van der Waals surface area contributed by atoms with Gasteiger partial charge in [-0.1, -0.05) is 36.4 Å². The van der Waals surface area contributed by atoms with Crippen LogP contribution in [0.25, 0.3) is 10.8 Å². The van der Waals surface area contributed by atoms with Gasteiger partial charge < -0.3 is 11.1 Å². The average molecular weight is 212 g/mol. The highest BCUT2D eigenvalue weighted by atomic mass is 16.1. The monoisotopic (exact) mass is 212 g/mol. The van der Waals surface area contributed by atoms with E-state index in [0.717, 1.165) is 16.5 Å². The van der Waals surface area contributed by atoms with Crippen LogP contribution in [-0.4, -0.2) is 5.91 Å². The number of rotatable bonds is 3. The van der Waals surface area contributed by atoms with E-state index in [-0.39, 0.29) is 0 Å². The van der Waals surface area contributed by atoms with Crippen LogP contribution in [0.15, 0.2) is 54.7 Å². The Morgan fingerprint density at radius 1 is 1.12 bits per heavy atom. The Morgan fingerprint density at radius 2 is 1.88 bits per heavy atom. The number of anilines is 1. The van der Waals surface area contributed by atoms with Gasteiger partial charge in [0.2, 0.25) is 5.91 Å². The van der Waals surface area contributed by atoms with Crippen molar-refractivity contribution in [2.45, 2.75) is 0 Å². The number of nitrogens with one attached hydrogen (secondary N) is 1. The maximum absolute atomic E-state index is 10.5. The van der Waals surface area contributed by atoms with Crippen LogP contribution in [0.1, 0.15) is 0 Å². The summed E-state index contributed by atoms with van der Waals surface area (Å²) >= 11 is 0. The Labute approximate surface area is 93.6 Å². The molecule has 1 amide bonds. The largest absolute Gasteiger partial charge is 0.366 e. The third kappa shape index (κ3) is 2.20. The predicted molar refractivity (Wildman–Crippen MR) is 65.9 cm³/mol. The van der Waals surface area contributed by atoms with Gasteiger partial charge >= 0.3 is 0 Å². The lowest BCUT2D eigenvalue weighted by Gasteiger charge is -2.05. The van der Waals surface area contributed by atoms with Gasteiger partial charge in [0.1, 0.15) is 0 Å². The number of fused-ring (bicyclic) bond motifs is 1. The Kier molecular flexibility index (Phi) is 2.87. The van der Waals surface area contributed by atoms with Crippen LogP contribution in [-0.2, 0) is 4.79 Å². The van der Waals surface area contributed by atoms with Crippen molar-refractivity contribution < 1.29 is 4.79 Å². The second-order valence-electron chi connectivity index (χ2n) is 3.41. The van der Waals surface area contributed by atoms with Crippen LogP contribution < -0.4 is 11.1 Å². The van der Waals surface area contributed by atoms with Gasteiger partial charge in [-0.05, 0) is 11.5 Å². The molecule has 80 valence electrons. The molecule has 0 radical (unpaired) electrons. The molecule has 0 atom stereocenters. The maximum atomic E-state index is 10.5. The third-order valence-corrected chi connectivity index (χ3v) is 2.28. The molecule has 16 heavy (non-hydrogen) atoms. The van der Waals surface area contributed by atoms with Crippen LogP contribution in [0.2, 0.25) is 0 Å². The summed E-state index contributed by atoms with van der Waals surface area (Å²) in [7, 11) is 0. The molecule has 0 spiro atoms. The van der Waals surface area contributed by atoms with Crippen molar-refractivity contribution in [3.05, 3.63) is 54.7 Å². The summed E-state index contributed by atoms with van der Waals surface area (Å²) in [6, 6.07) is 14.0. The topological polar surface area (TPSA) is 55.1 Å². The van der Waals surface area contributed by atoms with E-state index < -0.39 is 5.91 Å². The number of carbonyl (C=O) groups excluding carboxylic acids is 1. The van der Waals surface area contributed by atoms with E-state index in [9.17, 15) is 4.79 Å². The van der Waals surface area contributed by atoms with Crippen molar-refractivity contribution in [3.8, 4) is 0 Å². The van der Waals surface area contributed by atoms with E-state index in [4.69, 9.17) is 5.73 Å². The second-order valence-corrected chi connectivity index (χ2v) is 3.41. The van der Waals surface area contributed by atoms with Gasteiger partial charge in [0.15, 0.2) is 0 Å². The quantitative estimate of drug-likeness (QED) is 0.767. The van der Waals surface area contributed by atoms with Crippen LogP contribution in [0.5, 0.6) is 0 Å². The molecule has 2 aromatic carbocycles. The SMILES string of the molecule is NC(=O)C=CNc1cccc2ccccc12. The molecule has 0 aliphatic heterocycles. The average Bonchev–Trinajstić information content (AvgIpc) is 2.29. The minimum atomic E-state index is -0.465. The molecule has 0 unspecified atom stereocenters. The first kappa shape index (κ1) is 10.2. The summed E-state index contributed by atoms with van der Waals surface area (Å²) in [6.07, 6.45) is 2.84. The highest BCUT2D eigenvalue weighted by Gasteiger charge is 1.96. The van der Waals surface area contributed by atoms with Gasteiger partial charge in [-0.25, -0.2) is 0 Å². The van der Waals surface area contributed by atoms with Gasteiger partial charge in [0.25, 0.3) is 0 Å². The van der Waals surface area contributed by atoms with Gasteiger partial charge in [-0.15, -0.1) is 0 Å². The summed E-state index contributed by atoms with van der Waals surface area (Å²) in [4.78, 5) is 10.5. The van der Waals surface area contributed by atoms with Crippen molar-refractivity contribution in [2.75, 3.05) is 5.32 Å². The van der Waals surface area contributed by atoms with Gasteiger partial charge in [-0.3, -0.25) is 4.79 Å². The van der Waals surface area contributed by atoms with Crippen LogP contribution in [0, 0.1) is 0 Å². The van der Waals surface area contributed by atoms with Crippen molar-refractivity contribution in [3.63, 3.8) is 0 Å². The van der Waals surface area contributed by atoms with Crippen molar-refractivity contribution in [2.24, 2.45) is 5.73 Å². The molecule has 0 heterocycles. The smallest absolute Gasteiger partial charge is 0.242 e. The minimum absolute atomic E-state index is 0.465. The predicted octanol–water partition coefficient (Wildman–Crippen LogP) is 2.25. The van der Waals surface area contributed by atoms with E-state index in [2.05, 4.69) is 5.32 Å². The summed E-state index contributed by atoms with van der Waals surface area (Å²) in [5, 5.41) is 5.30. The molecule has 3 heteroatoms. The van der Waals surface area contributed by atoms with E-state index in [0.29, 0.717) is 0 Å². The highest BCUT2D eigenvalue weighted by Crippen LogP contribution is 2.22. The number of amides is 1. The number of primary amides is 1. The van der Waals surface area contributed by atoms with Gasteiger partial charge in [-0.2, -0.15) is 0 Å². The normalized spacial score (nSPS) is 10.8. The third-order valence-electron chi connectivity index (χ3n) is 2.28. The maximum Gasteiger partial charge on any atom is 0.242 e. The lowest BCUT2D eigenvalue weighted by Crippen LogP contribution is -2.06. The van der Waals surface area contributed by atoms with Crippen LogP contribution in [0.3, 0.4) is 0 Å². The molecule has 0 aromatic heterocycles. The number of benzene rings is 2. The van der Waals surface area contributed by atoms with E-state index in [1.807, 2.05) is 42.5 Å². The van der Waals surface area contributed by atoms with Crippen molar-refractivity contribution in [1.29, 1.82) is 0 Å². The Morgan fingerprint density at radius 3 is 2.69 bits per heavy atom. The molecule has 0 saturated heterocycles. The number of hydrogen-bond donors (Lipinski definition) is 2. The second kappa shape index (κ2) is 4.49. The molecule has 0 bridgehead atoms. The molecule has 3 N–H and O–H groups in total. The lowest BCUT2D eigenvalue weighted by atomic mass is 10.1. The molecule has 2 aromatic rings.